The zero-order valence-electron chi connectivity index (χ0n) is 16.7. The Hall–Kier alpha value is -1.59. The van der Waals surface area contributed by atoms with Crippen LogP contribution in [0.3, 0.4) is 0 Å². The van der Waals surface area contributed by atoms with Crippen LogP contribution >= 0.6 is 0 Å². The third-order valence-corrected chi connectivity index (χ3v) is 5.84. The molecule has 2 fully saturated rings. The maximum absolute atomic E-state index is 12.0. The molecule has 3 rings (SSSR count). The van der Waals surface area contributed by atoms with E-state index in [1.807, 2.05) is 0 Å². The lowest BCUT2D eigenvalue weighted by atomic mass is 10.1. The van der Waals surface area contributed by atoms with Gasteiger partial charge in [-0.3, -0.25) is 4.90 Å². The summed E-state index contributed by atoms with van der Waals surface area (Å²) in [5.74, 6) is 0. The summed E-state index contributed by atoms with van der Waals surface area (Å²) in [5, 5.41) is 6.20. The smallest absolute Gasteiger partial charge is 0.315 e. The van der Waals surface area contributed by atoms with Gasteiger partial charge in [-0.2, -0.15) is 0 Å². The van der Waals surface area contributed by atoms with E-state index in [-0.39, 0.29) is 6.03 Å². The van der Waals surface area contributed by atoms with Crippen molar-refractivity contribution in [1.82, 2.24) is 20.4 Å². The molecule has 1 aromatic rings. The molecule has 1 aromatic carbocycles. The molecule has 2 amide bonds. The summed E-state index contributed by atoms with van der Waals surface area (Å²) in [7, 11) is 0. The standard InChI is InChI=1S/C22H36N4O/c27-22(24-21-11-6-1-2-7-12-21)23-13-8-14-25-15-17-26(18-16-25)19-20-9-4-3-5-10-20/h3-5,9-10,21H,1-2,6-8,11-19H2,(H2,23,24,27). The molecule has 0 atom stereocenters. The molecule has 1 aliphatic heterocycles. The molecule has 150 valence electrons. The summed E-state index contributed by atoms with van der Waals surface area (Å²) >= 11 is 0. The van der Waals surface area contributed by atoms with Crippen LogP contribution in [-0.4, -0.2) is 61.1 Å². The highest BCUT2D eigenvalue weighted by Gasteiger charge is 2.17. The van der Waals surface area contributed by atoms with Crippen molar-refractivity contribution in [3.05, 3.63) is 35.9 Å². The monoisotopic (exact) mass is 372 g/mol. The van der Waals surface area contributed by atoms with E-state index in [9.17, 15) is 4.79 Å². The molecule has 5 heteroatoms. The lowest BCUT2D eigenvalue weighted by Crippen LogP contribution is -2.47. The fourth-order valence-electron chi connectivity index (χ4n) is 4.18. The molecule has 0 aromatic heterocycles. The van der Waals surface area contributed by atoms with Crippen molar-refractivity contribution in [3.63, 3.8) is 0 Å². The Morgan fingerprint density at radius 2 is 1.59 bits per heavy atom. The first-order chi connectivity index (χ1) is 13.3. The number of nitrogens with zero attached hydrogens (tertiary/aromatic N) is 2. The number of amides is 2. The highest BCUT2D eigenvalue weighted by atomic mass is 16.2. The number of hydrogen-bond donors (Lipinski definition) is 2. The largest absolute Gasteiger partial charge is 0.338 e. The van der Waals surface area contributed by atoms with Crippen LogP contribution in [-0.2, 0) is 6.54 Å². The van der Waals surface area contributed by atoms with Gasteiger partial charge in [0.25, 0.3) is 0 Å². The summed E-state index contributed by atoms with van der Waals surface area (Å²) in [6, 6.07) is 11.1. The van der Waals surface area contributed by atoms with E-state index in [2.05, 4.69) is 50.8 Å². The molecule has 2 aliphatic rings. The van der Waals surface area contributed by atoms with Crippen LogP contribution in [0.15, 0.2) is 30.3 Å². The van der Waals surface area contributed by atoms with E-state index in [0.29, 0.717) is 6.04 Å². The van der Waals surface area contributed by atoms with E-state index in [1.54, 1.807) is 0 Å². The number of nitrogens with one attached hydrogen (secondary N) is 2. The lowest BCUT2D eigenvalue weighted by Gasteiger charge is -2.34. The number of carbonyl (C=O) groups is 1. The quantitative estimate of drug-likeness (QED) is 0.571. The Balaban J connectivity index is 1.23. The van der Waals surface area contributed by atoms with Gasteiger partial charge in [0, 0.05) is 45.3 Å². The van der Waals surface area contributed by atoms with Gasteiger partial charge in [-0.05, 0) is 31.4 Å². The molecule has 1 saturated heterocycles. The van der Waals surface area contributed by atoms with Crippen LogP contribution in [0.1, 0.15) is 50.5 Å². The van der Waals surface area contributed by atoms with Gasteiger partial charge >= 0.3 is 6.03 Å². The van der Waals surface area contributed by atoms with Gasteiger partial charge in [0.05, 0.1) is 0 Å². The molecular formula is C22H36N4O. The van der Waals surface area contributed by atoms with Crippen molar-refractivity contribution in [2.45, 2.75) is 57.5 Å². The SMILES string of the molecule is O=C(NCCCN1CCN(Cc2ccccc2)CC1)NC1CCCCCC1. The predicted octanol–water partition coefficient (Wildman–Crippen LogP) is 3.22. The fraction of sp³-hybridized carbons (Fsp3) is 0.682. The van der Waals surface area contributed by atoms with Crippen LogP contribution in [0.5, 0.6) is 0 Å². The average Bonchev–Trinajstić information content (AvgIpc) is 2.96. The van der Waals surface area contributed by atoms with Crippen LogP contribution < -0.4 is 10.6 Å². The van der Waals surface area contributed by atoms with Crippen molar-refractivity contribution in [3.8, 4) is 0 Å². The maximum Gasteiger partial charge on any atom is 0.315 e. The first-order valence-corrected chi connectivity index (χ1v) is 10.8. The van der Waals surface area contributed by atoms with Gasteiger partial charge in [-0.25, -0.2) is 4.79 Å². The van der Waals surface area contributed by atoms with Gasteiger partial charge < -0.3 is 15.5 Å². The zero-order chi connectivity index (χ0) is 18.7. The van der Waals surface area contributed by atoms with E-state index in [0.717, 1.165) is 65.1 Å². The zero-order valence-corrected chi connectivity index (χ0v) is 16.7. The van der Waals surface area contributed by atoms with Gasteiger partial charge in [0.15, 0.2) is 0 Å². The van der Waals surface area contributed by atoms with Crippen molar-refractivity contribution in [1.29, 1.82) is 0 Å². The number of benzene rings is 1. The molecular weight excluding hydrogens is 336 g/mol. The number of hydrogen-bond acceptors (Lipinski definition) is 3. The van der Waals surface area contributed by atoms with Crippen LogP contribution in [0.4, 0.5) is 4.79 Å². The van der Waals surface area contributed by atoms with Gasteiger partial charge in [-0.15, -0.1) is 0 Å². The number of carbonyl (C=O) groups excluding carboxylic acids is 1. The first-order valence-electron chi connectivity index (χ1n) is 10.8. The summed E-state index contributed by atoms with van der Waals surface area (Å²) in [6.45, 7) is 7.40. The van der Waals surface area contributed by atoms with Crippen LogP contribution in [0.2, 0.25) is 0 Å². The number of urea groups is 1. The Labute approximate surface area is 164 Å². The Bertz CT molecular complexity index is 535. The Morgan fingerprint density at radius 3 is 2.30 bits per heavy atom. The molecule has 27 heavy (non-hydrogen) atoms. The van der Waals surface area contributed by atoms with Crippen molar-refractivity contribution in [2.75, 3.05) is 39.3 Å². The van der Waals surface area contributed by atoms with E-state index >= 15 is 0 Å². The third-order valence-electron chi connectivity index (χ3n) is 5.84. The van der Waals surface area contributed by atoms with E-state index in [4.69, 9.17) is 0 Å². The third kappa shape index (κ3) is 7.51. The summed E-state index contributed by atoms with van der Waals surface area (Å²) < 4.78 is 0. The minimum absolute atomic E-state index is 0.0228. The second-order valence-electron chi connectivity index (χ2n) is 8.05. The van der Waals surface area contributed by atoms with E-state index in [1.165, 1.54) is 31.2 Å². The minimum Gasteiger partial charge on any atom is -0.338 e. The van der Waals surface area contributed by atoms with Crippen molar-refractivity contribution < 1.29 is 4.79 Å². The minimum atomic E-state index is 0.0228. The molecule has 1 aliphatic carbocycles. The predicted molar refractivity (Wildman–Crippen MR) is 111 cm³/mol. The summed E-state index contributed by atoms with van der Waals surface area (Å²) in [6.07, 6.45) is 8.44. The topological polar surface area (TPSA) is 47.6 Å². The van der Waals surface area contributed by atoms with Gasteiger partial charge in [-0.1, -0.05) is 56.0 Å². The maximum atomic E-state index is 12.0. The molecule has 0 unspecified atom stereocenters. The number of piperazine rings is 1. The molecule has 1 saturated carbocycles. The molecule has 0 bridgehead atoms. The Kier molecular flexibility index (Phi) is 8.43. The molecule has 0 spiro atoms. The second-order valence-corrected chi connectivity index (χ2v) is 8.05. The summed E-state index contributed by atoms with van der Waals surface area (Å²) in [5.41, 5.74) is 1.40. The Morgan fingerprint density at radius 1 is 0.926 bits per heavy atom. The first kappa shape index (κ1) is 20.2. The van der Waals surface area contributed by atoms with Crippen molar-refractivity contribution in [2.24, 2.45) is 0 Å². The van der Waals surface area contributed by atoms with Gasteiger partial charge in [0.2, 0.25) is 0 Å². The fourth-order valence-corrected chi connectivity index (χ4v) is 4.18. The lowest BCUT2D eigenvalue weighted by molar-refractivity contribution is 0.126. The van der Waals surface area contributed by atoms with Crippen LogP contribution in [0, 0.1) is 0 Å². The van der Waals surface area contributed by atoms with Crippen molar-refractivity contribution >= 4 is 6.03 Å². The number of rotatable bonds is 7. The molecule has 1 heterocycles. The average molecular weight is 373 g/mol. The molecule has 5 nitrogen and oxygen atoms in total. The molecule has 2 N–H and O–H groups in total. The highest BCUT2D eigenvalue weighted by molar-refractivity contribution is 5.74. The molecule has 0 radical (unpaired) electrons. The van der Waals surface area contributed by atoms with Crippen LogP contribution in [0.25, 0.3) is 0 Å². The normalized spacial score (nSPS) is 20.1. The summed E-state index contributed by atoms with van der Waals surface area (Å²) in [4.78, 5) is 17.1. The van der Waals surface area contributed by atoms with Gasteiger partial charge in [0.1, 0.15) is 0 Å². The second kappa shape index (κ2) is 11.3. The van der Waals surface area contributed by atoms with E-state index < -0.39 is 0 Å². The highest BCUT2D eigenvalue weighted by Crippen LogP contribution is 2.17.